The number of hydrogen-bond acceptors (Lipinski definition) is 4. The molecule has 2 aliphatic heterocycles. The number of fused-ring (bicyclic) bond motifs is 1. The highest BCUT2D eigenvalue weighted by molar-refractivity contribution is 5.73. The van der Waals surface area contributed by atoms with Gasteiger partial charge >= 0.3 is 5.97 Å². The predicted molar refractivity (Wildman–Crippen MR) is 88.2 cm³/mol. The highest BCUT2D eigenvalue weighted by Gasteiger charge is 2.46. The molecule has 124 valence electrons. The van der Waals surface area contributed by atoms with Gasteiger partial charge in [0.05, 0.1) is 5.92 Å². The number of carboxylic acid groups (broad SMARTS) is 1. The van der Waals surface area contributed by atoms with Crippen LogP contribution in [0.25, 0.3) is 0 Å². The SMILES string of the molecule is CN1CC(c2ccc3c(c2)OCO3)C(C(=O)O)C1c1ccccc1. The van der Waals surface area contributed by atoms with E-state index in [1.807, 2.05) is 55.6 Å². The normalized spacial score (nSPS) is 25.8. The molecule has 0 radical (unpaired) electrons. The summed E-state index contributed by atoms with van der Waals surface area (Å²) in [7, 11) is 1.99. The number of aliphatic carboxylic acids is 1. The van der Waals surface area contributed by atoms with Crippen molar-refractivity contribution >= 4 is 5.97 Å². The van der Waals surface area contributed by atoms with Gasteiger partial charge in [-0.1, -0.05) is 36.4 Å². The molecule has 5 heteroatoms. The molecule has 0 bridgehead atoms. The molecule has 24 heavy (non-hydrogen) atoms. The maximum atomic E-state index is 12.1. The molecule has 0 aromatic heterocycles. The van der Waals surface area contributed by atoms with Crippen LogP contribution in [0.1, 0.15) is 23.1 Å². The van der Waals surface area contributed by atoms with E-state index in [9.17, 15) is 9.90 Å². The molecule has 0 spiro atoms. The molecule has 1 fully saturated rings. The van der Waals surface area contributed by atoms with E-state index in [0.29, 0.717) is 12.3 Å². The molecular weight excluding hydrogens is 306 g/mol. The van der Waals surface area contributed by atoms with Gasteiger partial charge in [0.1, 0.15) is 0 Å². The zero-order valence-electron chi connectivity index (χ0n) is 13.4. The minimum Gasteiger partial charge on any atom is -0.481 e. The van der Waals surface area contributed by atoms with Crippen molar-refractivity contribution in [3.8, 4) is 11.5 Å². The number of benzene rings is 2. The van der Waals surface area contributed by atoms with E-state index in [-0.39, 0.29) is 18.8 Å². The standard InChI is InChI=1S/C19H19NO4/c1-20-10-14(13-7-8-15-16(9-13)24-11-23-15)17(19(21)22)18(20)12-5-3-2-4-6-12/h2-9,14,17-18H,10-11H2,1H3,(H,21,22). The maximum Gasteiger partial charge on any atom is 0.309 e. The smallest absolute Gasteiger partial charge is 0.309 e. The van der Waals surface area contributed by atoms with Crippen LogP contribution in [0, 0.1) is 5.92 Å². The fraction of sp³-hybridized carbons (Fsp3) is 0.316. The molecule has 0 amide bonds. The van der Waals surface area contributed by atoms with Crippen LogP contribution in [-0.2, 0) is 4.79 Å². The number of hydrogen-bond donors (Lipinski definition) is 1. The van der Waals surface area contributed by atoms with Crippen LogP contribution in [0.15, 0.2) is 48.5 Å². The lowest BCUT2D eigenvalue weighted by Crippen LogP contribution is -2.26. The van der Waals surface area contributed by atoms with E-state index in [2.05, 4.69) is 4.90 Å². The molecule has 4 rings (SSSR count). The van der Waals surface area contributed by atoms with Crippen LogP contribution >= 0.6 is 0 Å². The molecule has 1 saturated heterocycles. The van der Waals surface area contributed by atoms with Gasteiger partial charge in [-0.05, 0) is 30.3 Å². The summed E-state index contributed by atoms with van der Waals surface area (Å²) in [5, 5.41) is 9.91. The van der Waals surface area contributed by atoms with Gasteiger partial charge in [-0.3, -0.25) is 9.69 Å². The molecule has 0 aliphatic carbocycles. The Morgan fingerprint density at radius 1 is 1.08 bits per heavy atom. The second-order valence-corrected chi connectivity index (χ2v) is 6.38. The Balaban J connectivity index is 1.72. The lowest BCUT2D eigenvalue weighted by atomic mass is 9.83. The van der Waals surface area contributed by atoms with Crippen LogP contribution in [0.2, 0.25) is 0 Å². The monoisotopic (exact) mass is 325 g/mol. The predicted octanol–water partition coefficient (Wildman–Crippen LogP) is 2.89. The van der Waals surface area contributed by atoms with E-state index in [0.717, 1.165) is 16.9 Å². The Morgan fingerprint density at radius 2 is 1.83 bits per heavy atom. The first-order valence-corrected chi connectivity index (χ1v) is 8.02. The Bertz CT molecular complexity index is 761. The summed E-state index contributed by atoms with van der Waals surface area (Å²) >= 11 is 0. The molecule has 0 saturated carbocycles. The number of likely N-dealkylation sites (N-methyl/N-ethyl adjacent to an activating group) is 1. The summed E-state index contributed by atoms with van der Waals surface area (Å²) in [6.45, 7) is 0.911. The van der Waals surface area contributed by atoms with Crippen molar-refractivity contribution in [1.29, 1.82) is 0 Å². The molecule has 1 N–H and O–H groups in total. The third-order valence-corrected chi connectivity index (χ3v) is 4.98. The number of nitrogens with zero attached hydrogens (tertiary/aromatic N) is 1. The molecule has 2 aromatic carbocycles. The van der Waals surface area contributed by atoms with Crippen molar-refractivity contribution in [3.05, 3.63) is 59.7 Å². The first-order valence-electron chi connectivity index (χ1n) is 8.02. The number of rotatable bonds is 3. The second-order valence-electron chi connectivity index (χ2n) is 6.38. The lowest BCUT2D eigenvalue weighted by Gasteiger charge is -2.24. The van der Waals surface area contributed by atoms with Gasteiger partial charge in [-0.25, -0.2) is 0 Å². The van der Waals surface area contributed by atoms with Gasteiger partial charge in [0.15, 0.2) is 11.5 Å². The third-order valence-electron chi connectivity index (χ3n) is 4.98. The van der Waals surface area contributed by atoms with Crippen LogP contribution in [0.5, 0.6) is 11.5 Å². The number of carboxylic acids is 1. The zero-order valence-corrected chi connectivity index (χ0v) is 13.4. The summed E-state index contributed by atoms with van der Waals surface area (Å²) in [5.74, 6) is 0.0555. The van der Waals surface area contributed by atoms with Crippen molar-refractivity contribution in [3.63, 3.8) is 0 Å². The van der Waals surface area contributed by atoms with Gasteiger partial charge in [-0.15, -0.1) is 0 Å². The zero-order chi connectivity index (χ0) is 16.7. The molecule has 5 nitrogen and oxygen atoms in total. The summed E-state index contributed by atoms with van der Waals surface area (Å²) in [6, 6.07) is 15.5. The number of ether oxygens (including phenoxy) is 2. The fourth-order valence-corrected chi connectivity index (χ4v) is 3.91. The van der Waals surface area contributed by atoms with Gasteiger partial charge in [0, 0.05) is 18.5 Å². The molecule has 2 aromatic rings. The van der Waals surface area contributed by atoms with Gasteiger partial charge < -0.3 is 14.6 Å². The van der Waals surface area contributed by atoms with Crippen LogP contribution in [-0.4, -0.2) is 36.4 Å². The molecule has 3 atom stereocenters. The van der Waals surface area contributed by atoms with E-state index < -0.39 is 11.9 Å². The minimum absolute atomic E-state index is 0.0905. The van der Waals surface area contributed by atoms with E-state index >= 15 is 0 Å². The maximum absolute atomic E-state index is 12.1. The molecular formula is C19H19NO4. The summed E-state index contributed by atoms with van der Waals surface area (Å²) in [6.07, 6.45) is 0. The molecule has 3 unspecified atom stereocenters. The van der Waals surface area contributed by atoms with Crippen molar-refractivity contribution in [2.45, 2.75) is 12.0 Å². The van der Waals surface area contributed by atoms with Gasteiger partial charge in [0.25, 0.3) is 0 Å². The Labute approximate surface area is 140 Å². The lowest BCUT2D eigenvalue weighted by molar-refractivity contribution is -0.143. The summed E-state index contributed by atoms with van der Waals surface area (Å²) in [5.41, 5.74) is 2.02. The van der Waals surface area contributed by atoms with Crippen molar-refractivity contribution < 1.29 is 19.4 Å². The van der Waals surface area contributed by atoms with Crippen molar-refractivity contribution in [2.24, 2.45) is 5.92 Å². The van der Waals surface area contributed by atoms with Crippen molar-refractivity contribution in [1.82, 2.24) is 4.90 Å². The molecule has 2 aliphatic rings. The van der Waals surface area contributed by atoms with E-state index in [1.165, 1.54) is 0 Å². The minimum atomic E-state index is -0.768. The average Bonchev–Trinajstić information content (AvgIpc) is 3.18. The van der Waals surface area contributed by atoms with E-state index in [4.69, 9.17) is 9.47 Å². The number of likely N-dealkylation sites (tertiary alicyclic amines) is 1. The van der Waals surface area contributed by atoms with Gasteiger partial charge in [0.2, 0.25) is 6.79 Å². The topological polar surface area (TPSA) is 59.0 Å². The van der Waals surface area contributed by atoms with Gasteiger partial charge in [-0.2, -0.15) is 0 Å². The third kappa shape index (κ3) is 2.41. The quantitative estimate of drug-likeness (QED) is 0.940. The Kier molecular flexibility index (Phi) is 3.65. The highest BCUT2D eigenvalue weighted by atomic mass is 16.7. The second kappa shape index (κ2) is 5.83. The van der Waals surface area contributed by atoms with Crippen LogP contribution in [0.3, 0.4) is 0 Å². The van der Waals surface area contributed by atoms with Crippen LogP contribution in [0.4, 0.5) is 0 Å². The van der Waals surface area contributed by atoms with E-state index in [1.54, 1.807) is 0 Å². The highest BCUT2D eigenvalue weighted by Crippen LogP contribution is 2.46. The summed E-state index contributed by atoms with van der Waals surface area (Å²) < 4.78 is 10.8. The summed E-state index contributed by atoms with van der Waals surface area (Å²) in [4.78, 5) is 14.2. The first-order chi connectivity index (χ1) is 11.6. The first kappa shape index (κ1) is 15.0. The fourth-order valence-electron chi connectivity index (χ4n) is 3.91. The molecule has 2 heterocycles. The average molecular weight is 325 g/mol. The Morgan fingerprint density at radius 3 is 2.58 bits per heavy atom. The number of carbonyl (C=O) groups is 1. The Hall–Kier alpha value is -2.53. The largest absolute Gasteiger partial charge is 0.481 e. The van der Waals surface area contributed by atoms with Crippen molar-refractivity contribution in [2.75, 3.05) is 20.4 Å². The van der Waals surface area contributed by atoms with Crippen LogP contribution < -0.4 is 9.47 Å².